The van der Waals surface area contributed by atoms with Crippen LogP contribution in [0.1, 0.15) is 37.2 Å². The van der Waals surface area contributed by atoms with E-state index in [0.717, 1.165) is 19.6 Å². The molecule has 7 heteroatoms. The zero-order chi connectivity index (χ0) is 20.8. The van der Waals surface area contributed by atoms with Gasteiger partial charge in [0.15, 0.2) is 5.78 Å². The zero-order valence-corrected chi connectivity index (χ0v) is 16.6. The highest BCUT2D eigenvalue weighted by Crippen LogP contribution is 2.22. The van der Waals surface area contributed by atoms with Gasteiger partial charge in [-0.2, -0.15) is 5.10 Å². The van der Waals surface area contributed by atoms with E-state index in [1.165, 1.54) is 23.0 Å². The van der Waals surface area contributed by atoms with Gasteiger partial charge in [0, 0.05) is 12.1 Å². The third-order valence-electron chi connectivity index (χ3n) is 4.79. The molecule has 0 saturated carbocycles. The molecule has 1 heterocycles. The largest absolute Gasteiger partial charge is 0.492 e. The molecule has 2 aromatic carbocycles. The van der Waals surface area contributed by atoms with Crippen LogP contribution in [0.3, 0.4) is 0 Å². The molecule has 0 radical (unpaired) electrons. The van der Waals surface area contributed by atoms with Gasteiger partial charge in [0.25, 0.3) is 0 Å². The lowest BCUT2D eigenvalue weighted by molar-refractivity contribution is 0.103. The minimum absolute atomic E-state index is 0. The van der Waals surface area contributed by atoms with Gasteiger partial charge in [0.2, 0.25) is 0 Å². The van der Waals surface area contributed by atoms with Crippen molar-refractivity contribution in [3.8, 4) is 11.4 Å². The van der Waals surface area contributed by atoms with Crippen LogP contribution in [-0.2, 0) is 0 Å². The number of nitrogen functional groups attached to an aromatic ring is 1. The lowest BCUT2D eigenvalue weighted by atomic mass is 10.1. The maximum atomic E-state index is 13.1. The van der Waals surface area contributed by atoms with Crippen LogP contribution in [0.5, 0.6) is 5.75 Å². The molecule has 3 aromatic rings. The summed E-state index contributed by atoms with van der Waals surface area (Å²) in [5.74, 6) is 0.237. The summed E-state index contributed by atoms with van der Waals surface area (Å²) in [5.41, 5.74) is 7.48. The van der Waals surface area contributed by atoms with Gasteiger partial charge in [-0.1, -0.05) is 33.4 Å². The number of benzene rings is 2. The zero-order valence-electron chi connectivity index (χ0n) is 16.6. The van der Waals surface area contributed by atoms with Gasteiger partial charge in [0.05, 0.1) is 17.4 Å². The lowest BCUT2D eigenvalue weighted by Crippen LogP contribution is -2.27. The Bertz CT molecular complexity index is 966. The van der Waals surface area contributed by atoms with Gasteiger partial charge >= 0.3 is 0 Å². The second kappa shape index (κ2) is 10.5. The number of ketones is 1. The van der Waals surface area contributed by atoms with Crippen molar-refractivity contribution < 1.29 is 13.9 Å². The third kappa shape index (κ3) is 5.24. The average Bonchev–Trinajstić information content (AvgIpc) is 3.13. The predicted molar refractivity (Wildman–Crippen MR) is 118 cm³/mol. The fraction of sp³-hybridized carbons (Fsp3) is 0.304. The molecule has 0 saturated heterocycles. The first-order valence-electron chi connectivity index (χ1n) is 9.62. The molecular weight excluding hydrogens is 383 g/mol. The first-order chi connectivity index (χ1) is 14.0. The number of aromatic nitrogens is 2. The van der Waals surface area contributed by atoms with E-state index in [4.69, 9.17) is 10.5 Å². The van der Waals surface area contributed by atoms with E-state index in [9.17, 15) is 9.18 Å². The van der Waals surface area contributed by atoms with Crippen molar-refractivity contribution in [3.05, 3.63) is 71.7 Å². The molecule has 160 valence electrons. The number of nitrogens with zero attached hydrogens (tertiary/aromatic N) is 3. The fourth-order valence-corrected chi connectivity index (χ4v) is 3.04. The molecule has 1 aromatic heterocycles. The standard InChI is InChI=1S/C22H25FN4O2.CH4/c1-3-26(4-2)12-13-29-19-7-5-6-16(14-19)21(28)20-15-25-27(22(20)24)18-10-8-17(23)9-11-18;/h5-11,14-15H,3-4,12-13,24H2,1-2H3;1H4. The van der Waals surface area contributed by atoms with Gasteiger partial charge in [-0.05, 0) is 49.5 Å². The van der Waals surface area contributed by atoms with Crippen molar-refractivity contribution in [2.75, 3.05) is 32.0 Å². The monoisotopic (exact) mass is 412 g/mol. The number of likely N-dealkylation sites (N-methyl/N-ethyl adjacent to an activating group) is 1. The Kier molecular flexibility index (Phi) is 8.12. The summed E-state index contributed by atoms with van der Waals surface area (Å²) < 4.78 is 20.4. The molecule has 0 amide bonds. The van der Waals surface area contributed by atoms with Crippen molar-refractivity contribution in [2.45, 2.75) is 21.3 Å². The molecule has 2 N–H and O–H groups in total. The minimum Gasteiger partial charge on any atom is -0.492 e. The normalized spacial score (nSPS) is 10.7. The number of carbonyl (C=O) groups is 1. The summed E-state index contributed by atoms with van der Waals surface area (Å²) in [6.07, 6.45) is 1.43. The number of hydrogen-bond donors (Lipinski definition) is 1. The minimum atomic E-state index is -0.353. The number of nitrogens with two attached hydrogens (primary N) is 1. The Hall–Kier alpha value is -3.19. The van der Waals surface area contributed by atoms with Crippen molar-refractivity contribution in [1.82, 2.24) is 14.7 Å². The molecule has 0 fully saturated rings. The number of ether oxygens (including phenoxy) is 1. The number of rotatable bonds is 9. The molecule has 0 aliphatic carbocycles. The maximum absolute atomic E-state index is 13.1. The highest BCUT2D eigenvalue weighted by molar-refractivity contribution is 6.11. The molecule has 0 unspecified atom stereocenters. The molecule has 0 atom stereocenters. The fourth-order valence-electron chi connectivity index (χ4n) is 3.04. The van der Waals surface area contributed by atoms with Gasteiger partial charge in [-0.15, -0.1) is 0 Å². The Morgan fingerprint density at radius 2 is 1.87 bits per heavy atom. The predicted octanol–water partition coefficient (Wildman–Crippen LogP) is 4.18. The first-order valence-corrected chi connectivity index (χ1v) is 9.62. The van der Waals surface area contributed by atoms with Crippen LogP contribution in [0.4, 0.5) is 10.2 Å². The van der Waals surface area contributed by atoms with Crippen molar-refractivity contribution in [2.24, 2.45) is 0 Å². The SMILES string of the molecule is C.CCN(CC)CCOc1cccc(C(=O)c2cnn(-c3ccc(F)cc3)c2N)c1. The van der Waals surface area contributed by atoms with E-state index in [2.05, 4.69) is 23.8 Å². The van der Waals surface area contributed by atoms with Crippen LogP contribution >= 0.6 is 0 Å². The second-order valence-electron chi connectivity index (χ2n) is 6.56. The molecule has 0 spiro atoms. The highest BCUT2D eigenvalue weighted by atomic mass is 19.1. The summed E-state index contributed by atoms with van der Waals surface area (Å²) in [4.78, 5) is 15.2. The van der Waals surface area contributed by atoms with Crippen LogP contribution in [0.25, 0.3) is 5.69 Å². The van der Waals surface area contributed by atoms with Gasteiger partial charge in [-0.25, -0.2) is 9.07 Å². The Morgan fingerprint density at radius 1 is 1.17 bits per heavy atom. The van der Waals surface area contributed by atoms with E-state index in [0.29, 0.717) is 23.6 Å². The molecule has 30 heavy (non-hydrogen) atoms. The Balaban J connectivity index is 0.00000320. The molecular formula is C23H29FN4O2. The lowest BCUT2D eigenvalue weighted by Gasteiger charge is -2.18. The van der Waals surface area contributed by atoms with Crippen molar-refractivity contribution in [1.29, 1.82) is 0 Å². The molecule has 0 aliphatic rings. The van der Waals surface area contributed by atoms with Crippen LogP contribution in [0.15, 0.2) is 54.7 Å². The quantitative estimate of drug-likeness (QED) is 0.534. The van der Waals surface area contributed by atoms with Crippen LogP contribution < -0.4 is 10.5 Å². The summed E-state index contributed by atoms with van der Waals surface area (Å²) in [7, 11) is 0. The van der Waals surface area contributed by atoms with E-state index in [1.807, 2.05) is 6.07 Å². The van der Waals surface area contributed by atoms with Gasteiger partial charge in [0.1, 0.15) is 24.0 Å². The highest BCUT2D eigenvalue weighted by Gasteiger charge is 2.18. The van der Waals surface area contributed by atoms with Crippen LogP contribution in [0.2, 0.25) is 0 Å². The molecule has 0 bridgehead atoms. The topological polar surface area (TPSA) is 73.4 Å². The second-order valence-corrected chi connectivity index (χ2v) is 6.56. The van der Waals surface area contributed by atoms with Crippen LogP contribution in [0, 0.1) is 5.82 Å². The van der Waals surface area contributed by atoms with Gasteiger partial charge in [-0.3, -0.25) is 4.79 Å². The van der Waals surface area contributed by atoms with E-state index >= 15 is 0 Å². The van der Waals surface area contributed by atoms with Crippen molar-refractivity contribution in [3.63, 3.8) is 0 Å². The molecule has 3 rings (SSSR count). The molecule has 6 nitrogen and oxygen atoms in total. The Morgan fingerprint density at radius 3 is 2.53 bits per heavy atom. The Labute approximate surface area is 177 Å². The van der Waals surface area contributed by atoms with E-state index in [1.54, 1.807) is 30.3 Å². The maximum Gasteiger partial charge on any atom is 0.198 e. The number of halogens is 1. The third-order valence-corrected chi connectivity index (χ3v) is 4.79. The summed E-state index contributed by atoms with van der Waals surface area (Å²) in [5, 5.41) is 4.18. The summed E-state index contributed by atoms with van der Waals surface area (Å²) in [6.45, 7) is 7.52. The van der Waals surface area contributed by atoms with E-state index < -0.39 is 0 Å². The number of anilines is 1. The van der Waals surface area contributed by atoms with Gasteiger partial charge < -0.3 is 15.4 Å². The number of hydrogen-bond acceptors (Lipinski definition) is 5. The van der Waals surface area contributed by atoms with Crippen LogP contribution in [-0.4, -0.2) is 46.7 Å². The summed E-state index contributed by atoms with van der Waals surface area (Å²) in [6, 6.07) is 12.8. The molecule has 0 aliphatic heterocycles. The van der Waals surface area contributed by atoms with Crippen molar-refractivity contribution >= 4 is 11.6 Å². The average molecular weight is 413 g/mol. The number of carbonyl (C=O) groups excluding carboxylic acids is 1. The first kappa shape index (κ1) is 23.1. The smallest absolute Gasteiger partial charge is 0.198 e. The van der Waals surface area contributed by atoms with E-state index in [-0.39, 0.29) is 30.4 Å². The summed E-state index contributed by atoms with van der Waals surface area (Å²) >= 11 is 0.